The Kier molecular flexibility index (Phi) is 7.25. The second kappa shape index (κ2) is 10.5. The highest BCUT2D eigenvalue weighted by molar-refractivity contribution is 9.10. The summed E-state index contributed by atoms with van der Waals surface area (Å²) in [4.78, 5) is 62.6. The number of nitrogens with one attached hydrogen (secondary N) is 2. The highest BCUT2D eigenvalue weighted by Crippen LogP contribution is 2.26. The van der Waals surface area contributed by atoms with Crippen molar-refractivity contribution in [3.63, 3.8) is 0 Å². The van der Waals surface area contributed by atoms with E-state index in [-0.39, 0.29) is 23.4 Å². The molecular weight excluding hydrogens is 530 g/mol. The molecule has 0 atom stereocenters. The van der Waals surface area contributed by atoms with E-state index in [1.807, 2.05) is 0 Å². The van der Waals surface area contributed by atoms with Gasteiger partial charge in [-0.1, -0.05) is 40.2 Å². The van der Waals surface area contributed by atoms with Gasteiger partial charge in [0.05, 0.1) is 11.1 Å². The quantitative estimate of drug-likeness (QED) is 0.264. The highest BCUT2D eigenvalue weighted by Gasteiger charge is 2.36. The van der Waals surface area contributed by atoms with Crippen molar-refractivity contribution in [1.29, 1.82) is 0 Å². The Bertz CT molecular complexity index is 1400. The van der Waals surface area contributed by atoms with E-state index in [0.29, 0.717) is 21.3 Å². The fraction of sp³-hybridized carbons (Fsp3) is 0.115. The van der Waals surface area contributed by atoms with E-state index in [0.717, 1.165) is 4.90 Å². The molecule has 9 nitrogen and oxygen atoms in total. The molecule has 0 saturated heterocycles. The minimum Gasteiger partial charge on any atom is -0.427 e. The standard InChI is InChI=1S/C26H20BrN3O6/c1-15(31)36-19-7-4-6-16(11-19)24(33)28-13-17-5-2-3-8-22(17)29-23(32)14-30-25(34)20-10-9-18(27)12-21(20)26(30)35/h2-12H,13-14H2,1H3,(H,28,33)(H,29,32). The van der Waals surface area contributed by atoms with Crippen molar-refractivity contribution < 1.29 is 28.7 Å². The second-order valence-electron chi connectivity index (χ2n) is 7.90. The zero-order valence-electron chi connectivity index (χ0n) is 19.0. The van der Waals surface area contributed by atoms with E-state index in [1.54, 1.807) is 54.6 Å². The smallest absolute Gasteiger partial charge is 0.308 e. The van der Waals surface area contributed by atoms with Crippen LogP contribution in [0.5, 0.6) is 5.75 Å². The third-order valence-electron chi connectivity index (χ3n) is 5.32. The molecule has 4 amide bonds. The molecule has 36 heavy (non-hydrogen) atoms. The van der Waals surface area contributed by atoms with Gasteiger partial charge in [0.15, 0.2) is 0 Å². The number of carbonyl (C=O) groups excluding carboxylic acids is 5. The van der Waals surface area contributed by atoms with E-state index in [2.05, 4.69) is 26.6 Å². The van der Waals surface area contributed by atoms with Gasteiger partial charge in [-0.25, -0.2) is 0 Å². The van der Waals surface area contributed by atoms with Crippen LogP contribution in [-0.2, 0) is 16.1 Å². The first-order valence-electron chi connectivity index (χ1n) is 10.8. The van der Waals surface area contributed by atoms with Crippen LogP contribution < -0.4 is 15.4 Å². The van der Waals surface area contributed by atoms with E-state index in [4.69, 9.17) is 4.74 Å². The number of carbonyl (C=O) groups is 5. The lowest BCUT2D eigenvalue weighted by Gasteiger charge is -2.16. The molecule has 1 heterocycles. The summed E-state index contributed by atoms with van der Waals surface area (Å²) in [5.41, 5.74) is 1.82. The summed E-state index contributed by atoms with van der Waals surface area (Å²) in [6, 6.07) is 17.8. The van der Waals surface area contributed by atoms with Gasteiger partial charge in [0.2, 0.25) is 5.91 Å². The normalized spacial score (nSPS) is 12.2. The molecule has 0 radical (unpaired) electrons. The largest absolute Gasteiger partial charge is 0.427 e. The zero-order valence-corrected chi connectivity index (χ0v) is 20.6. The fourth-order valence-electron chi connectivity index (χ4n) is 3.68. The lowest BCUT2D eigenvalue weighted by atomic mass is 10.1. The van der Waals surface area contributed by atoms with Crippen LogP contribution >= 0.6 is 15.9 Å². The molecule has 0 unspecified atom stereocenters. The summed E-state index contributed by atoms with van der Waals surface area (Å²) >= 11 is 3.28. The SMILES string of the molecule is CC(=O)Oc1cccc(C(=O)NCc2ccccc2NC(=O)CN2C(=O)c3ccc(Br)cc3C2=O)c1. The number of fused-ring (bicyclic) bond motifs is 1. The molecule has 10 heteroatoms. The van der Waals surface area contributed by atoms with Crippen LogP contribution in [0.25, 0.3) is 0 Å². The van der Waals surface area contributed by atoms with Crippen molar-refractivity contribution in [2.75, 3.05) is 11.9 Å². The van der Waals surface area contributed by atoms with Crippen LogP contribution in [0.1, 0.15) is 43.6 Å². The molecule has 4 rings (SSSR count). The number of anilines is 1. The molecule has 1 aliphatic rings. The Balaban J connectivity index is 1.40. The Morgan fingerprint density at radius 3 is 2.44 bits per heavy atom. The molecule has 0 saturated carbocycles. The van der Waals surface area contributed by atoms with Gasteiger partial charge in [0.1, 0.15) is 12.3 Å². The monoisotopic (exact) mass is 549 g/mol. The topological polar surface area (TPSA) is 122 Å². The number of halogens is 1. The predicted molar refractivity (Wildman–Crippen MR) is 134 cm³/mol. The van der Waals surface area contributed by atoms with E-state index in [1.165, 1.54) is 19.1 Å². The summed E-state index contributed by atoms with van der Waals surface area (Å²) < 4.78 is 5.66. The van der Waals surface area contributed by atoms with Crippen molar-refractivity contribution in [1.82, 2.24) is 10.2 Å². The Hall–Kier alpha value is -4.31. The first-order chi connectivity index (χ1) is 17.2. The molecule has 0 spiro atoms. The molecule has 0 aliphatic carbocycles. The Morgan fingerprint density at radius 1 is 0.917 bits per heavy atom. The number of ether oxygens (including phenoxy) is 1. The van der Waals surface area contributed by atoms with Gasteiger partial charge in [-0.2, -0.15) is 0 Å². The summed E-state index contributed by atoms with van der Waals surface area (Å²) in [5, 5.41) is 5.47. The van der Waals surface area contributed by atoms with Crippen molar-refractivity contribution in [3.8, 4) is 5.75 Å². The van der Waals surface area contributed by atoms with Crippen LogP contribution in [0.3, 0.4) is 0 Å². The highest BCUT2D eigenvalue weighted by atomic mass is 79.9. The number of hydrogen-bond acceptors (Lipinski definition) is 6. The van der Waals surface area contributed by atoms with E-state index >= 15 is 0 Å². The van der Waals surface area contributed by atoms with Crippen LogP contribution in [0, 0.1) is 0 Å². The summed E-state index contributed by atoms with van der Waals surface area (Å²) in [6.07, 6.45) is 0. The molecule has 0 aromatic heterocycles. The first kappa shape index (κ1) is 24.8. The second-order valence-corrected chi connectivity index (χ2v) is 8.81. The van der Waals surface area contributed by atoms with Crippen molar-refractivity contribution >= 4 is 51.2 Å². The van der Waals surface area contributed by atoms with E-state index in [9.17, 15) is 24.0 Å². The zero-order chi connectivity index (χ0) is 25.8. The van der Waals surface area contributed by atoms with Gasteiger partial charge in [-0.3, -0.25) is 28.9 Å². The lowest BCUT2D eigenvalue weighted by Crippen LogP contribution is -2.37. The number of imide groups is 1. The van der Waals surface area contributed by atoms with Gasteiger partial charge in [-0.05, 0) is 48.0 Å². The number of para-hydroxylation sites is 1. The molecule has 1 aliphatic heterocycles. The predicted octanol–water partition coefficient (Wildman–Crippen LogP) is 3.54. The Labute approximate surface area is 214 Å². The molecule has 3 aromatic carbocycles. The average molecular weight is 550 g/mol. The van der Waals surface area contributed by atoms with Crippen molar-refractivity contribution in [2.24, 2.45) is 0 Å². The number of nitrogens with zero attached hydrogens (tertiary/aromatic N) is 1. The third kappa shape index (κ3) is 5.49. The van der Waals surface area contributed by atoms with E-state index < -0.39 is 36.1 Å². The molecule has 0 bridgehead atoms. The third-order valence-corrected chi connectivity index (χ3v) is 5.82. The van der Waals surface area contributed by atoms with Gasteiger partial charge in [0, 0.05) is 29.2 Å². The summed E-state index contributed by atoms with van der Waals surface area (Å²) in [7, 11) is 0. The van der Waals surface area contributed by atoms with Crippen LogP contribution in [0.15, 0.2) is 71.2 Å². The van der Waals surface area contributed by atoms with Crippen LogP contribution in [-0.4, -0.2) is 41.0 Å². The number of amides is 4. The van der Waals surface area contributed by atoms with Gasteiger partial charge in [-0.15, -0.1) is 0 Å². The maximum atomic E-state index is 12.7. The van der Waals surface area contributed by atoms with Gasteiger partial charge < -0.3 is 15.4 Å². The number of benzene rings is 3. The molecule has 2 N–H and O–H groups in total. The van der Waals surface area contributed by atoms with Crippen molar-refractivity contribution in [3.05, 3.63) is 93.5 Å². The van der Waals surface area contributed by atoms with Gasteiger partial charge in [0.25, 0.3) is 17.7 Å². The Morgan fingerprint density at radius 2 is 1.67 bits per heavy atom. The summed E-state index contributed by atoms with van der Waals surface area (Å²) in [5.74, 6) is -2.27. The maximum absolute atomic E-state index is 12.7. The minimum atomic E-state index is -0.559. The number of rotatable bonds is 7. The minimum absolute atomic E-state index is 0.0914. The van der Waals surface area contributed by atoms with Gasteiger partial charge >= 0.3 is 5.97 Å². The number of hydrogen-bond donors (Lipinski definition) is 2. The first-order valence-corrected chi connectivity index (χ1v) is 11.6. The summed E-state index contributed by atoms with van der Waals surface area (Å²) in [6.45, 7) is 0.910. The van der Waals surface area contributed by atoms with Crippen molar-refractivity contribution in [2.45, 2.75) is 13.5 Å². The maximum Gasteiger partial charge on any atom is 0.308 e. The fourth-order valence-corrected chi connectivity index (χ4v) is 4.04. The van der Waals surface area contributed by atoms with Crippen LogP contribution in [0.2, 0.25) is 0 Å². The molecule has 0 fully saturated rings. The average Bonchev–Trinajstić information content (AvgIpc) is 3.07. The molecule has 3 aromatic rings. The number of esters is 1. The molecule has 182 valence electrons. The molecular formula is C26H20BrN3O6. The van der Waals surface area contributed by atoms with Crippen LogP contribution in [0.4, 0.5) is 5.69 Å². The lowest BCUT2D eigenvalue weighted by molar-refractivity contribution is -0.131.